The lowest BCUT2D eigenvalue weighted by molar-refractivity contribution is 1.18. The van der Waals surface area contributed by atoms with Gasteiger partial charge in [-0.1, -0.05) is 121 Å². The van der Waals surface area contributed by atoms with Crippen molar-refractivity contribution >= 4 is 43.6 Å². The lowest BCUT2D eigenvalue weighted by Crippen LogP contribution is -2.02. The standard InChI is InChI=1S/C50H30N4/c51-31-33-24-25-36(32-52)42(28-33)37-29-43(34-14-4-1-5-15-34)49(44(30-37)35-16-6-2-7-17-35)54-46-23-13-11-21-41(46)48-47(54)27-26-40-39-20-10-12-22-45(39)53(50(40)48)38-18-8-3-9-19-38/h1-30H. The molecule has 10 rings (SSSR count). The third-order valence-corrected chi connectivity index (χ3v) is 10.6. The Kier molecular flexibility index (Phi) is 7.22. The first-order chi connectivity index (χ1) is 26.7. The molecule has 4 heteroatoms. The second-order valence-electron chi connectivity index (χ2n) is 13.5. The fourth-order valence-electron chi connectivity index (χ4n) is 8.25. The number of hydrogen-bond acceptors (Lipinski definition) is 2. The molecule has 0 bridgehead atoms. The average molecular weight is 687 g/mol. The van der Waals surface area contributed by atoms with Gasteiger partial charge in [0.15, 0.2) is 0 Å². The third kappa shape index (κ3) is 4.76. The van der Waals surface area contributed by atoms with Crippen molar-refractivity contribution in [3.8, 4) is 56.9 Å². The molecule has 0 spiro atoms. The molecule has 2 aromatic heterocycles. The minimum atomic E-state index is 0.510. The number of rotatable bonds is 5. The number of para-hydroxylation sites is 3. The van der Waals surface area contributed by atoms with Crippen molar-refractivity contribution in [2.24, 2.45) is 0 Å². The van der Waals surface area contributed by atoms with Gasteiger partial charge in [-0.3, -0.25) is 0 Å². The number of nitrogens with zero attached hydrogens (tertiary/aromatic N) is 4. The second kappa shape index (κ2) is 12.5. The molecule has 0 atom stereocenters. The molecule has 0 aliphatic rings. The Morgan fingerprint density at radius 1 is 0.389 bits per heavy atom. The van der Waals surface area contributed by atoms with Crippen LogP contribution in [0.25, 0.3) is 88.4 Å². The Morgan fingerprint density at radius 3 is 1.59 bits per heavy atom. The zero-order chi connectivity index (χ0) is 36.2. The van der Waals surface area contributed by atoms with Crippen molar-refractivity contribution in [2.75, 3.05) is 0 Å². The normalized spacial score (nSPS) is 11.3. The summed E-state index contributed by atoms with van der Waals surface area (Å²) in [5.41, 5.74) is 13.4. The topological polar surface area (TPSA) is 57.4 Å². The Hall–Kier alpha value is -7.66. The molecule has 0 saturated carbocycles. The molecule has 10 aromatic rings. The third-order valence-electron chi connectivity index (χ3n) is 10.6. The van der Waals surface area contributed by atoms with E-state index in [0.717, 1.165) is 66.7 Å². The summed E-state index contributed by atoms with van der Waals surface area (Å²) in [5.74, 6) is 0. The maximum Gasteiger partial charge on any atom is 0.0998 e. The Bertz CT molecular complexity index is 3100. The maximum absolute atomic E-state index is 10.3. The number of benzene rings is 8. The summed E-state index contributed by atoms with van der Waals surface area (Å²) in [4.78, 5) is 0. The van der Waals surface area contributed by atoms with Gasteiger partial charge >= 0.3 is 0 Å². The zero-order valence-corrected chi connectivity index (χ0v) is 29.1. The average Bonchev–Trinajstić information content (AvgIpc) is 3.76. The Labute approximate surface area is 312 Å². The van der Waals surface area contributed by atoms with Crippen LogP contribution >= 0.6 is 0 Å². The molecule has 0 amide bonds. The van der Waals surface area contributed by atoms with Gasteiger partial charge < -0.3 is 9.13 Å². The smallest absolute Gasteiger partial charge is 0.0998 e. The maximum atomic E-state index is 10.3. The molecular formula is C50H30N4. The van der Waals surface area contributed by atoms with Crippen LogP contribution in [0.5, 0.6) is 0 Å². The van der Waals surface area contributed by atoms with Crippen molar-refractivity contribution in [2.45, 2.75) is 0 Å². The van der Waals surface area contributed by atoms with Crippen molar-refractivity contribution in [3.63, 3.8) is 0 Å². The molecule has 250 valence electrons. The number of aromatic nitrogens is 2. The van der Waals surface area contributed by atoms with Crippen LogP contribution in [-0.2, 0) is 0 Å². The Balaban J connectivity index is 1.41. The van der Waals surface area contributed by atoms with E-state index in [-0.39, 0.29) is 0 Å². The summed E-state index contributed by atoms with van der Waals surface area (Å²) in [5, 5.41) is 24.9. The predicted octanol–water partition coefficient (Wildman–Crippen LogP) is 12.6. The van der Waals surface area contributed by atoms with E-state index in [1.54, 1.807) is 12.1 Å². The molecule has 0 aliphatic heterocycles. The summed E-state index contributed by atoms with van der Waals surface area (Å²) < 4.78 is 4.84. The van der Waals surface area contributed by atoms with Crippen molar-refractivity contribution < 1.29 is 0 Å². The molecule has 0 aliphatic carbocycles. The number of hydrogen-bond donors (Lipinski definition) is 0. The van der Waals surface area contributed by atoms with Crippen LogP contribution in [0.4, 0.5) is 0 Å². The highest BCUT2D eigenvalue weighted by Crippen LogP contribution is 2.47. The first kappa shape index (κ1) is 31.1. The van der Waals surface area contributed by atoms with Crippen LogP contribution in [0.1, 0.15) is 11.1 Å². The van der Waals surface area contributed by atoms with Gasteiger partial charge in [0.1, 0.15) is 0 Å². The minimum absolute atomic E-state index is 0.510. The van der Waals surface area contributed by atoms with Crippen LogP contribution in [0.15, 0.2) is 182 Å². The highest BCUT2D eigenvalue weighted by atomic mass is 15.0. The van der Waals surface area contributed by atoms with E-state index in [4.69, 9.17) is 0 Å². The molecule has 0 saturated heterocycles. The van der Waals surface area contributed by atoms with Gasteiger partial charge in [-0.15, -0.1) is 0 Å². The monoisotopic (exact) mass is 686 g/mol. The van der Waals surface area contributed by atoms with Gasteiger partial charge in [-0.2, -0.15) is 10.5 Å². The fraction of sp³-hybridized carbons (Fsp3) is 0. The first-order valence-corrected chi connectivity index (χ1v) is 18.0. The van der Waals surface area contributed by atoms with Crippen molar-refractivity contribution in [1.82, 2.24) is 9.13 Å². The summed E-state index contributed by atoms with van der Waals surface area (Å²) in [6, 6.07) is 67.8. The minimum Gasteiger partial charge on any atom is -0.309 e. The van der Waals surface area contributed by atoms with Gasteiger partial charge in [0.2, 0.25) is 0 Å². The highest BCUT2D eigenvalue weighted by molar-refractivity contribution is 6.26. The van der Waals surface area contributed by atoms with Crippen LogP contribution in [0, 0.1) is 22.7 Å². The van der Waals surface area contributed by atoms with Crippen LogP contribution in [0.3, 0.4) is 0 Å². The quantitative estimate of drug-likeness (QED) is 0.181. The van der Waals surface area contributed by atoms with Gasteiger partial charge in [0.05, 0.1) is 51.0 Å². The number of fused-ring (bicyclic) bond motifs is 7. The summed E-state index contributed by atoms with van der Waals surface area (Å²) >= 11 is 0. The van der Waals surface area contributed by atoms with Crippen LogP contribution in [-0.4, -0.2) is 9.13 Å². The Morgan fingerprint density at radius 2 is 0.963 bits per heavy atom. The predicted molar refractivity (Wildman–Crippen MR) is 221 cm³/mol. The molecular weight excluding hydrogens is 657 g/mol. The molecule has 54 heavy (non-hydrogen) atoms. The van der Waals surface area contributed by atoms with Crippen LogP contribution in [0.2, 0.25) is 0 Å². The molecule has 0 radical (unpaired) electrons. The second-order valence-corrected chi connectivity index (χ2v) is 13.5. The lowest BCUT2D eigenvalue weighted by Gasteiger charge is -2.21. The van der Waals surface area contributed by atoms with E-state index in [9.17, 15) is 10.5 Å². The number of nitriles is 2. The van der Waals surface area contributed by atoms with E-state index in [0.29, 0.717) is 11.1 Å². The van der Waals surface area contributed by atoms with E-state index in [2.05, 4.69) is 173 Å². The zero-order valence-electron chi connectivity index (χ0n) is 29.1. The summed E-state index contributed by atoms with van der Waals surface area (Å²) in [6.45, 7) is 0. The van der Waals surface area contributed by atoms with Crippen LogP contribution < -0.4 is 0 Å². The van der Waals surface area contributed by atoms with Gasteiger partial charge in [0, 0.05) is 43.9 Å². The largest absolute Gasteiger partial charge is 0.309 e. The van der Waals surface area contributed by atoms with E-state index < -0.39 is 0 Å². The first-order valence-electron chi connectivity index (χ1n) is 18.0. The SMILES string of the molecule is N#Cc1ccc(C#N)c(-c2cc(-c3ccccc3)c(-n3c4ccccc4c4c3ccc3c5ccccc5n(-c5ccccc5)c34)c(-c3ccccc3)c2)c1. The van der Waals surface area contributed by atoms with E-state index >= 15 is 0 Å². The van der Waals surface area contributed by atoms with Gasteiger partial charge in [-0.25, -0.2) is 0 Å². The molecule has 2 heterocycles. The molecule has 0 unspecified atom stereocenters. The van der Waals surface area contributed by atoms with Crippen molar-refractivity contribution in [3.05, 3.63) is 193 Å². The fourth-order valence-corrected chi connectivity index (χ4v) is 8.25. The lowest BCUT2D eigenvalue weighted by atomic mass is 9.89. The molecule has 4 nitrogen and oxygen atoms in total. The molecule has 0 fully saturated rings. The van der Waals surface area contributed by atoms with Gasteiger partial charge in [0.25, 0.3) is 0 Å². The molecule has 0 N–H and O–H groups in total. The summed E-state index contributed by atoms with van der Waals surface area (Å²) in [7, 11) is 0. The van der Waals surface area contributed by atoms with E-state index in [1.807, 2.05) is 18.2 Å². The molecule has 8 aromatic carbocycles. The van der Waals surface area contributed by atoms with Crippen molar-refractivity contribution in [1.29, 1.82) is 10.5 Å². The highest BCUT2D eigenvalue weighted by Gasteiger charge is 2.25. The summed E-state index contributed by atoms with van der Waals surface area (Å²) in [6.07, 6.45) is 0. The van der Waals surface area contributed by atoms with Gasteiger partial charge in [-0.05, 0) is 77.4 Å². The van der Waals surface area contributed by atoms with E-state index in [1.165, 1.54) is 21.7 Å².